The number of nitrogens with zero attached hydrogens (tertiary/aromatic N) is 5. The Morgan fingerprint density at radius 1 is 0.974 bits per heavy atom. The van der Waals surface area contributed by atoms with Gasteiger partial charge in [0.1, 0.15) is 13.7 Å². The molecular formula is C30H36N6O2Si. The number of carbonyl (C=O) groups excluding carboxylic acids is 1. The van der Waals surface area contributed by atoms with Crippen LogP contribution in [0.25, 0.3) is 10.4 Å². The minimum atomic E-state index is -2.08. The van der Waals surface area contributed by atoms with Crippen molar-refractivity contribution in [3.63, 3.8) is 0 Å². The molecule has 2 aliphatic rings. The Balaban J connectivity index is 1.63. The van der Waals surface area contributed by atoms with Crippen LogP contribution in [-0.2, 0) is 16.9 Å². The predicted molar refractivity (Wildman–Crippen MR) is 160 cm³/mol. The summed E-state index contributed by atoms with van der Waals surface area (Å²) < 4.78 is 6.88. The van der Waals surface area contributed by atoms with Crippen molar-refractivity contribution in [2.24, 2.45) is 5.11 Å². The Hall–Kier alpha value is -3.78. The van der Waals surface area contributed by atoms with Crippen molar-refractivity contribution in [3.05, 3.63) is 92.9 Å². The fourth-order valence-electron chi connectivity index (χ4n) is 5.96. The van der Waals surface area contributed by atoms with Crippen LogP contribution in [-0.4, -0.2) is 55.3 Å². The van der Waals surface area contributed by atoms with Gasteiger partial charge in [0.25, 0.3) is 5.91 Å². The third-order valence-electron chi connectivity index (χ3n) is 8.12. The van der Waals surface area contributed by atoms with E-state index in [2.05, 4.69) is 109 Å². The molecular weight excluding hydrogens is 504 g/mol. The topological polar surface area (TPSA) is 93.6 Å². The van der Waals surface area contributed by atoms with Gasteiger partial charge in [-0.3, -0.25) is 4.79 Å². The number of hydrogen-bond donors (Lipinski definition) is 1. The number of ether oxygens (including phenoxy) is 1. The summed E-state index contributed by atoms with van der Waals surface area (Å²) in [7, 11) is 6.24. The molecule has 0 saturated carbocycles. The van der Waals surface area contributed by atoms with E-state index in [4.69, 9.17) is 10.3 Å². The first-order chi connectivity index (χ1) is 18.6. The highest BCUT2D eigenvalue weighted by atomic mass is 28.3. The van der Waals surface area contributed by atoms with E-state index in [9.17, 15) is 4.79 Å². The van der Waals surface area contributed by atoms with Gasteiger partial charge in [-0.05, 0) is 81.0 Å². The molecule has 1 N–H and O–H groups in total. The molecule has 0 aliphatic carbocycles. The Bertz CT molecular complexity index is 1430. The van der Waals surface area contributed by atoms with Crippen LogP contribution in [0.2, 0.25) is 13.1 Å². The molecule has 0 fully saturated rings. The van der Waals surface area contributed by atoms with Gasteiger partial charge in [0.05, 0.1) is 6.61 Å². The van der Waals surface area contributed by atoms with Crippen LogP contribution in [0, 0.1) is 0 Å². The second-order valence-electron chi connectivity index (χ2n) is 11.3. The highest BCUT2D eigenvalue weighted by Gasteiger charge is 2.53. The Morgan fingerprint density at radius 3 is 2.13 bits per heavy atom. The number of anilines is 2. The highest BCUT2D eigenvalue weighted by Crippen LogP contribution is 2.49. The number of nitrogens with one attached hydrogen (secondary N) is 1. The van der Waals surface area contributed by atoms with E-state index in [0.29, 0.717) is 31.7 Å². The number of azide groups is 1. The van der Waals surface area contributed by atoms with E-state index in [1.165, 1.54) is 32.9 Å². The zero-order valence-electron chi connectivity index (χ0n) is 23.6. The van der Waals surface area contributed by atoms with Crippen molar-refractivity contribution in [1.82, 2.24) is 5.32 Å². The SMILES string of the molecule is CN(C)c1ccc2c(c1)[Si](C)(C)c1cc(N(C)C)ccc1C21OCc2cc(C(=O)NCCCN=[N+]=[N-])ccc21. The summed E-state index contributed by atoms with van der Waals surface area (Å²) >= 11 is 0. The molecule has 3 aromatic rings. The van der Waals surface area contributed by atoms with Gasteiger partial charge in [0, 0.05) is 63.1 Å². The van der Waals surface area contributed by atoms with Gasteiger partial charge in [-0.25, -0.2) is 0 Å². The molecule has 1 amide bonds. The fourth-order valence-corrected chi connectivity index (χ4v) is 9.14. The number of carbonyl (C=O) groups is 1. The molecule has 202 valence electrons. The van der Waals surface area contributed by atoms with Gasteiger partial charge in [-0.1, -0.05) is 36.4 Å². The average molecular weight is 541 g/mol. The van der Waals surface area contributed by atoms with E-state index in [-0.39, 0.29) is 5.91 Å². The normalized spacial score (nSPS) is 15.5. The standard InChI is InChI=1S/C30H36N6O2Si/c1-35(2)22-9-12-25-27(17-22)39(5,6)28-18-23(36(3)4)10-13-26(28)30(25)24-11-8-20(16-21(24)19-38-30)29(37)32-14-7-15-33-34-31/h8-13,16-18H,7,14-15,19H2,1-6H3,(H,32,37). The summed E-state index contributed by atoms with van der Waals surface area (Å²) in [6.45, 7) is 6.11. The molecule has 0 atom stereocenters. The maximum atomic E-state index is 12.9. The Morgan fingerprint density at radius 2 is 1.56 bits per heavy atom. The van der Waals surface area contributed by atoms with E-state index in [1.54, 1.807) is 0 Å². The molecule has 0 saturated heterocycles. The molecule has 0 aromatic heterocycles. The summed E-state index contributed by atoms with van der Waals surface area (Å²) in [6.07, 6.45) is 0.601. The second kappa shape index (κ2) is 10.1. The van der Waals surface area contributed by atoms with E-state index in [0.717, 1.165) is 11.1 Å². The van der Waals surface area contributed by atoms with Crippen molar-refractivity contribution in [3.8, 4) is 0 Å². The second-order valence-corrected chi connectivity index (χ2v) is 15.6. The molecule has 39 heavy (non-hydrogen) atoms. The predicted octanol–water partition coefficient (Wildman–Crippen LogP) is 4.21. The molecule has 5 rings (SSSR count). The largest absolute Gasteiger partial charge is 0.378 e. The third kappa shape index (κ3) is 4.36. The zero-order chi connectivity index (χ0) is 27.9. The Kier molecular flexibility index (Phi) is 6.93. The molecule has 3 aromatic carbocycles. The first kappa shape index (κ1) is 26.8. The number of fused-ring (bicyclic) bond motifs is 6. The van der Waals surface area contributed by atoms with Crippen LogP contribution in [0.4, 0.5) is 11.4 Å². The molecule has 8 nitrogen and oxygen atoms in total. The lowest BCUT2D eigenvalue weighted by Gasteiger charge is -2.45. The van der Waals surface area contributed by atoms with Crippen LogP contribution in [0.1, 0.15) is 39.0 Å². The molecule has 1 spiro atoms. The minimum Gasteiger partial charge on any atom is -0.378 e. The summed E-state index contributed by atoms with van der Waals surface area (Å²) in [5, 5.41) is 9.22. The maximum absolute atomic E-state index is 12.9. The van der Waals surface area contributed by atoms with Crippen LogP contribution in [0.15, 0.2) is 59.7 Å². The lowest BCUT2D eigenvalue weighted by molar-refractivity contribution is 0.0276. The van der Waals surface area contributed by atoms with Gasteiger partial charge in [-0.2, -0.15) is 0 Å². The summed E-state index contributed by atoms with van der Waals surface area (Å²) in [6, 6.07) is 19.5. The first-order valence-corrected chi connectivity index (χ1v) is 16.3. The van der Waals surface area contributed by atoms with Gasteiger partial charge in [0.15, 0.2) is 0 Å². The molecule has 9 heteroatoms. The van der Waals surface area contributed by atoms with Crippen molar-refractivity contribution in [2.45, 2.75) is 31.7 Å². The lowest BCUT2D eigenvalue weighted by atomic mass is 9.78. The number of amides is 1. The van der Waals surface area contributed by atoms with Gasteiger partial charge in [-0.15, -0.1) is 0 Å². The monoisotopic (exact) mass is 540 g/mol. The van der Waals surface area contributed by atoms with Gasteiger partial charge in [0.2, 0.25) is 0 Å². The summed E-state index contributed by atoms with van der Waals surface area (Å²) in [5.41, 5.74) is 15.2. The maximum Gasteiger partial charge on any atom is 0.251 e. The van der Waals surface area contributed by atoms with Crippen LogP contribution >= 0.6 is 0 Å². The fraction of sp³-hybridized carbons (Fsp3) is 0.367. The van der Waals surface area contributed by atoms with Gasteiger partial charge < -0.3 is 19.9 Å². The third-order valence-corrected chi connectivity index (χ3v) is 11.6. The van der Waals surface area contributed by atoms with Crippen molar-refractivity contribution >= 4 is 35.7 Å². The average Bonchev–Trinajstić information content (AvgIpc) is 3.30. The highest BCUT2D eigenvalue weighted by molar-refractivity contribution is 7.01. The summed E-state index contributed by atoms with van der Waals surface area (Å²) in [4.78, 5) is 19.9. The Labute approximate surface area is 231 Å². The molecule has 0 bridgehead atoms. The van der Waals surface area contributed by atoms with E-state index < -0.39 is 13.7 Å². The first-order valence-electron chi connectivity index (χ1n) is 13.3. The van der Waals surface area contributed by atoms with Crippen LogP contribution in [0.5, 0.6) is 0 Å². The minimum absolute atomic E-state index is 0.135. The zero-order valence-corrected chi connectivity index (χ0v) is 24.6. The van der Waals surface area contributed by atoms with Crippen molar-refractivity contribution < 1.29 is 9.53 Å². The van der Waals surface area contributed by atoms with Gasteiger partial charge >= 0.3 is 0 Å². The quantitative estimate of drug-likeness (QED) is 0.160. The number of benzene rings is 3. The molecule has 0 radical (unpaired) electrons. The molecule has 2 heterocycles. The smallest absolute Gasteiger partial charge is 0.251 e. The number of hydrogen-bond acceptors (Lipinski definition) is 5. The lowest BCUT2D eigenvalue weighted by Crippen LogP contribution is -2.63. The molecule has 0 unspecified atom stereocenters. The van der Waals surface area contributed by atoms with E-state index in [1.807, 2.05) is 12.1 Å². The summed E-state index contributed by atoms with van der Waals surface area (Å²) in [5.74, 6) is -0.135. The van der Waals surface area contributed by atoms with Crippen molar-refractivity contribution in [2.75, 3.05) is 51.1 Å². The van der Waals surface area contributed by atoms with Crippen LogP contribution < -0.4 is 25.5 Å². The van der Waals surface area contributed by atoms with Crippen molar-refractivity contribution in [1.29, 1.82) is 0 Å². The van der Waals surface area contributed by atoms with E-state index >= 15 is 0 Å². The van der Waals surface area contributed by atoms with Crippen LogP contribution in [0.3, 0.4) is 0 Å². The number of rotatable bonds is 7. The molecule has 2 aliphatic heterocycles.